The maximum atomic E-state index is 5.42. The van der Waals surface area contributed by atoms with Crippen LogP contribution in [0.15, 0.2) is 192 Å². The number of hydrogen-bond donors (Lipinski definition) is 4. The number of hydrogen-bond acceptors (Lipinski definition) is 13. The molecule has 6 aromatic heterocycles. The van der Waals surface area contributed by atoms with Crippen molar-refractivity contribution in [2.45, 2.75) is 9.79 Å². The van der Waals surface area contributed by atoms with Gasteiger partial charge in [0.15, 0.2) is 46.6 Å². The van der Waals surface area contributed by atoms with E-state index < -0.39 is 0 Å². The average molecular weight is 1060 g/mol. The molecule has 0 fully saturated rings. The van der Waals surface area contributed by atoms with Gasteiger partial charge in [-0.1, -0.05) is 182 Å². The number of nitrogens with one attached hydrogen (secondary N) is 4. The maximum absolute atomic E-state index is 5.42. The van der Waals surface area contributed by atoms with E-state index >= 15 is 0 Å². The lowest BCUT2D eigenvalue weighted by Crippen LogP contribution is -1.84. The highest BCUT2D eigenvalue weighted by Crippen LogP contribution is 2.44. The van der Waals surface area contributed by atoms with Crippen molar-refractivity contribution < 1.29 is 0 Å². The topological polar surface area (TPSA) is 218 Å². The van der Waals surface area contributed by atoms with Gasteiger partial charge in [0, 0.05) is 97.4 Å². The van der Waals surface area contributed by atoms with Gasteiger partial charge in [0.05, 0.1) is 0 Å². The summed E-state index contributed by atoms with van der Waals surface area (Å²) >= 11 is 1.60. The van der Waals surface area contributed by atoms with Gasteiger partial charge in [-0.05, 0) is 12.1 Å². The Bertz CT molecular complexity index is 5150. The van der Waals surface area contributed by atoms with Crippen LogP contribution in [-0.2, 0) is 0 Å². The summed E-state index contributed by atoms with van der Waals surface area (Å²) in [5, 5.41) is 7.02. The fraction of sp³-hybridized carbons (Fsp3) is 0. The molecule has 16 nitrogen and oxygen atoms in total. The number of nitrogens with zero attached hydrogens (tertiary/aromatic N) is 12. The third-order valence-corrected chi connectivity index (χ3v) is 16.4. The van der Waals surface area contributed by atoms with Crippen LogP contribution in [0.2, 0.25) is 0 Å². The van der Waals surface area contributed by atoms with Crippen LogP contribution < -0.4 is 0 Å². The quantitative estimate of drug-likeness (QED) is 0.127. The van der Waals surface area contributed by atoms with Crippen molar-refractivity contribution in [3.05, 3.63) is 182 Å². The summed E-state index contributed by atoms with van der Waals surface area (Å²) in [7, 11) is 0. The highest BCUT2D eigenvalue weighted by atomic mass is 32.2. The second-order valence-corrected chi connectivity index (χ2v) is 21.0. The highest BCUT2D eigenvalue weighted by Gasteiger charge is 2.26. The van der Waals surface area contributed by atoms with E-state index in [9.17, 15) is 0 Å². The summed E-state index contributed by atoms with van der Waals surface area (Å²) in [4.78, 5) is 79.1. The van der Waals surface area contributed by atoms with Gasteiger partial charge in [-0.25, -0.2) is 59.8 Å². The molecule has 0 atom stereocenters. The Morgan fingerprint density at radius 1 is 0.198 bits per heavy atom. The van der Waals surface area contributed by atoms with E-state index in [-0.39, 0.29) is 0 Å². The minimum absolute atomic E-state index is 0.510. The van der Waals surface area contributed by atoms with E-state index in [1.54, 1.807) is 11.8 Å². The van der Waals surface area contributed by atoms with Crippen LogP contribution in [0.1, 0.15) is 0 Å². The summed E-state index contributed by atoms with van der Waals surface area (Å²) in [6.07, 6.45) is 0. The molecule has 17 heteroatoms. The van der Waals surface area contributed by atoms with Crippen molar-refractivity contribution in [2.24, 2.45) is 0 Å². The standard InChI is InChI=1S/C64H34N16S/c1-3-17-33-31(15-1)49-65-51(33)69-55-39-23-9-11-25-41(39)59(73-55)77-63-47-43(61(79-63)75-57-37-21-7-5-19-35(37)53(67-49)71-57)27-13-29-45(47)81-46-30-14-28-44-48(46)64-78-60-42-26-12-10-24-40(42)56(74-60)70-52-34-18-4-2-16-32(34)50(66-52)68-54-36-20-6-8-22-38(36)58(72-54)76-62(44)80-64/h1-30H,(H2,65,67,69,71,73,75,77,79)(H2,66,68,70,72,74,76,78,80). The molecule has 4 aliphatic heterocycles. The molecule has 81 heavy (non-hydrogen) atoms. The number of H-pyrrole nitrogens is 4. The van der Waals surface area contributed by atoms with Crippen LogP contribution in [0.4, 0.5) is 0 Å². The summed E-state index contributed by atoms with van der Waals surface area (Å²) in [5.74, 6) is 4.21. The molecular weight excluding hydrogens is 1020 g/mol. The molecule has 0 saturated heterocycles. The lowest BCUT2D eigenvalue weighted by molar-refractivity contribution is 1.19. The van der Waals surface area contributed by atoms with E-state index in [1.807, 2.05) is 158 Å². The van der Waals surface area contributed by atoms with Crippen LogP contribution in [0, 0.1) is 0 Å². The molecule has 4 aliphatic rings. The molecule has 18 rings (SSSR count). The molecule has 16 bridgehead atoms. The molecule has 0 amide bonds. The van der Waals surface area contributed by atoms with Crippen LogP contribution in [0.25, 0.3) is 179 Å². The van der Waals surface area contributed by atoms with Gasteiger partial charge in [-0.3, -0.25) is 0 Å². The number of fused-ring (bicyclic) bond motifs is 40. The zero-order valence-electron chi connectivity index (χ0n) is 42.1. The normalized spacial score (nSPS) is 12.2. The molecule has 0 saturated carbocycles. The van der Waals surface area contributed by atoms with Gasteiger partial charge in [0.1, 0.15) is 45.2 Å². The van der Waals surface area contributed by atoms with E-state index in [4.69, 9.17) is 59.8 Å². The minimum atomic E-state index is 0.510. The van der Waals surface area contributed by atoms with Gasteiger partial charge in [0.2, 0.25) is 0 Å². The number of benzene rings is 8. The molecular formula is C64H34N16S. The maximum Gasteiger partial charge on any atom is 0.164 e. The van der Waals surface area contributed by atoms with Crippen LogP contribution in [-0.4, -0.2) is 79.7 Å². The van der Waals surface area contributed by atoms with Crippen LogP contribution >= 0.6 is 11.8 Å². The van der Waals surface area contributed by atoms with E-state index in [0.29, 0.717) is 91.8 Å². The largest absolute Gasteiger partial charge is 0.324 e. The zero-order chi connectivity index (χ0) is 52.9. The first kappa shape index (κ1) is 43.9. The van der Waals surface area contributed by atoms with Crippen molar-refractivity contribution in [2.75, 3.05) is 0 Å². The van der Waals surface area contributed by atoms with E-state index in [1.165, 1.54) is 0 Å². The highest BCUT2D eigenvalue weighted by molar-refractivity contribution is 7.99. The average Bonchev–Trinajstić information content (AvgIpc) is 4.60. The van der Waals surface area contributed by atoms with Crippen molar-refractivity contribution >= 4 is 100 Å². The van der Waals surface area contributed by atoms with Crippen molar-refractivity contribution in [3.8, 4) is 91.1 Å². The summed E-state index contributed by atoms with van der Waals surface area (Å²) in [5.41, 5.74) is 11.8. The molecule has 14 aromatic rings. The Morgan fingerprint density at radius 2 is 0.407 bits per heavy atom. The first-order valence-electron chi connectivity index (χ1n) is 26.2. The number of aromatic nitrogens is 16. The van der Waals surface area contributed by atoms with Crippen molar-refractivity contribution in [3.63, 3.8) is 0 Å². The predicted octanol–water partition coefficient (Wildman–Crippen LogP) is 14.2. The monoisotopic (exact) mass is 1060 g/mol. The second-order valence-electron chi connectivity index (χ2n) is 20.0. The van der Waals surface area contributed by atoms with E-state index in [2.05, 4.69) is 44.2 Å². The summed E-state index contributed by atoms with van der Waals surface area (Å²) in [6.45, 7) is 0. The third-order valence-electron chi connectivity index (χ3n) is 15.3. The number of aromatic amines is 4. The van der Waals surface area contributed by atoms with Crippen LogP contribution in [0.5, 0.6) is 0 Å². The molecule has 10 heterocycles. The molecule has 4 N–H and O–H groups in total. The fourth-order valence-electron chi connectivity index (χ4n) is 11.6. The summed E-state index contributed by atoms with van der Waals surface area (Å²) in [6, 6.07) is 60.8. The van der Waals surface area contributed by atoms with Gasteiger partial charge < -0.3 is 19.9 Å². The molecule has 0 aliphatic carbocycles. The molecule has 0 radical (unpaired) electrons. The Labute approximate surface area is 460 Å². The predicted molar refractivity (Wildman–Crippen MR) is 316 cm³/mol. The second kappa shape index (κ2) is 16.7. The lowest BCUT2D eigenvalue weighted by atomic mass is 10.1. The van der Waals surface area contributed by atoms with Gasteiger partial charge in [-0.15, -0.1) is 0 Å². The van der Waals surface area contributed by atoms with Crippen molar-refractivity contribution in [1.82, 2.24) is 79.7 Å². The summed E-state index contributed by atoms with van der Waals surface area (Å²) < 4.78 is 0. The van der Waals surface area contributed by atoms with Gasteiger partial charge >= 0.3 is 0 Å². The number of rotatable bonds is 2. The van der Waals surface area contributed by atoms with Gasteiger partial charge in [-0.2, -0.15) is 0 Å². The van der Waals surface area contributed by atoms with Crippen LogP contribution in [0.3, 0.4) is 0 Å². The smallest absolute Gasteiger partial charge is 0.164 e. The Kier molecular flexibility index (Phi) is 9.03. The van der Waals surface area contributed by atoms with E-state index in [0.717, 1.165) is 97.4 Å². The minimum Gasteiger partial charge on any atom is -0.324 e. The Balaban J connectivity index is 0.912. The molecule has 8 aromatic carbocycles. The zero-order valence-corrected chi connectivity index (χ0v) is 42.9. The Morgan fingerprint density at radius 3 is 0.679 bits per heavy atom. The third kappa shape index (κ3) is 6.66. The first-order chi connectivity index (χ1) is 40.1. The molecule has 0 spiro atoms. The molecule has 0 unspecified atom stereocenters. The fourth-order valence-corrected chi connectivity index (χ4v) is 12.8. The first-order valence-corrected chi connectivity index (χ1v) is 27.0. The Hall–Kier alpha value is -11.2. The SMILES string of the molecule is c1ccc2c(c1)-c1nc-2nc2[nH]c(nc3nc(nc4[nH]c(n1)c1ccccc41)-c1ccccc1-3)c1c(Sc3cccc4c5nc6nc(nc7[nH]c(nc8nc(nc([nH]5)c34)-c3ccccc3-8)c3ccccc73)-c3ccccc3-6)cccc21. The molecule has 376 valence electrons. The lowest BCUT2D eigenvalue weighted by Gasteiger charge is -2.06. The van der Waals surface area contributed by atoms with Crippen molar-refractivity contribution in [1.29, 1.82) is 0 Å². The van der Waals surface area contributed by atoms with Gasteiger partial charge in [0.25, 0.3) is 0 Å².